The number of halogens is 3. The molecule has 0 aliphatic carbocycles. The Morgan fingerprint density at radius 1 is 1.20 bits per heavy atom. The minimum atomic E-state index is -4.63. The van der Waals surface area contributed by atoms with Crippen LogP contribution in [0.25, 0.3) is 0 Å². The second kappa shape index (κ2) is 6.23. The first kappa shape index (κ1) is 16.4. The maximum Gasteiger partial charge on any atom is 0.402 e. The van der Waals surface area contributed by atoms with Gasteiger partial charge < -0.3 is 5.11 Å². The van der Waals surface area contributed by atoms with Crippen molar-refractivity contribution in [3.05, 3.63) is 29.8 Å². The van der Waals surface area contributed by atoms with Crippen LogP contribution in [-0.2, 0) is 21.2 Å². The van der Waals surface area contributed by atoms with E-state index in [-0.39, 0.29) is 17.7 Å². The number of alkyl halides is 3. The van der Waals surface area contributed by atoms with E-state index < -0.39 is 28.7 Å². The summed E-state index contributed by atoms with van der Waals surface area (Å²) < 4.78 is 60.4. The fraction of sp³-hybridized carbons (Fsp3) is 0.364. The Balaban J connectivity index is 2.74. The van der Waals surface area contributed by atoms with E-state index in [1.54, 1.807) is 0 Å². The summed E-state index contributed by atoms with van der Waals surface area (Å²) in [6, 6.07) is 5.00. The number of rotatable bonds is 6. The zero-order valence-corrected chi connectivity index (χ0v) is 11.0. The van der Waals surface area contributed by atoms with Crippen LogP contribution in [-0.4, -0.2) is 32.2 Å². The van der Waals surface area contributed by atoms with Gasteiger partial charge in [0.1, 0.15) is 6.54 Å². The molecule has 0 fully saturated rings. The van der Waals surface area contributed by atoms with Gasteiger partial charge in [0.15, 0.2) is 0 Å². The fourth-order valence-electron chi connectivity index (χ4n) is 1.35. The third-order valence-corrected chi connectivity index (χ3v) is 3.74. The predicted molar refractivity (Wildman–Crippen MR) is 63.6 cm³/mol. The van der Waals surface area contributed by atoms with Gasteiger partial charge in [0.2, 0.25) is 10.0 Å². The van der Waals surface area contributed by atoms with E-state index >= 15 is 0 Å². The molecule has 2 N–H and O–H groups in total. The van der Waals surface area contributed by atoms with Crippen molar-refractivity contribution in [3.8, 4) is 0 Å². The molecule has 1 aromatic rings. The molecule has 0 bridgehead atoms. The largest absolute Gasteiger partial charge is 0.481 e. The van der Waals surface area contributed by atoms with E-state index in [0.29, 0.717) is 5.56 Å². The molecule has 0 saturated heterocycles. The van der Waals surface area contributed by atoms with Crippen molar-refractivity contribution in [1.82, 2.24) is 4.72 Å². The topological polar surface area (TPSA) is 83.5 Å². The number of aryl methyl sites for hydroxylation is 1. The van der Waals surface area contributed by atoms with Crippen LogP contribution in [0.3, 0.4) is 0 Å². The Kier molecular flexibility index (Phi) is 5.12. The quantitative estimate of drug-likeness (QED) is 0.835. The van der Waals surface area contributed by atoms with E-state index in [9.17, 15) is 26.4 Å². The van der Waals surface area contributed by atoms with Crippen molar-refractivity contribution in [1.29, 1.82) is 0 Å². The molecule has 0 atom stereocenters. The van der Waals surface area contributed by atoms with Crippen LogP contribution in [0.1, 0.15) is 12.0 Å². The molecule has 20 heavy (non-hydrogen) atoms. The molecule has 0 saturated carbocycles. The van der Waals surface area contributed by atoms with Crippen LogP contribution in [0.4, 0.5) is 13.2 Å². The molecular weight excluding hydrogens is 299 g/mol. The molecule has 0 aliphatic rings. The van der Waals surface area contributed by atoms with E-state index in [2.05, 4.69) is 0 Å². The van der Waals surface area contributed by atoms with Crippen LogP contribution >= 0.6 is 0 Å². The highest BCUT2D eigenvalue weighted by molar-refractivity contribution is 7.89. The minimum absolute atomic E-state index is 0.113. The van der Waals surface area contributed by atoms with Gasteiger partial charge in [0, 0.05) is 6.42 Å². The standard InChI is InChI=1S/C11H12F3NO4S/c12-11(13,14)7-15-20(18,19)9-4-1-8(2-5-9)3-6-10(16)17/h1-2,4-5,15H,3,6-7H2,(H,16,17). The van der Waals surface area contributed by atoms with Gasteiger partial charge >= 0.3 is 12.1 Å². The molecule has 112 valence electrons. The highest BCUT2D eigenvalue weighted by atomic mass is 32.2. The molecule has 0 amide bonds. The number of carboxylic acids is 1. The Morgan fingerprint density at radius 2 is 1.75 bits per heavy atom. The van der Waals surface area contributed by atoms with Gasteiger partial charge in [-0.25, -0.2) is 13.1 Å². The Hall–Kier alpha value is -1.61. The number of sulfonamides is 1. The molecule has 0 aliphatic heterocycles. The van der Waals surface area contributed by atoms with Crippen LogP contribution in [0, 0.1) is 0 Å². The summed E-state index contributed by atoms with van der Waals surface area (Å²) in [6.07, 6.45) is -4.53. The summed E-state index contributed by atoms with van der Waals surface area (Å²) in [7, 11) is -4.23. The number of carbonyl (C=O) groups is 1. The summed E-state index contributed by atoms with van der Waals surface area (Å²) in [6.45, 7) is -1.64. The average Bonchev–Trinajstić information content (AvgIpc) is 2.34. The van der Waals surface area contributed by atoms with Crippen molar-refractivity contribution >= 4 is 16.0 Å². The maximum atomic E-state index is 12.0. The zero-order valence-electron chi connectivity index (χ0n) is 10.1. The van der Waals surface area contributed by atoms with Crippen LogP contribution in [0.2, 0.25) is 0 Å². The first-order valence-electron chi connectivity index (χ1n) is 5.47. The van der Waals surface area contributed by atoms with Crippen molar-refractivity contribution < 1.29 is 31.5 Å². The number of carboxylic acid groups (broad SMARTS) is 1. The lowest BCUT2D eigenvalue weighted by Crippen LogP contribution is -2.33. The number of nitrogens with one attached hydrogen (secondary N) is 1. The van der Waals surface area contributed by atoms with Crippen LogP contribution < -0.4 is 4.72 Å². The highest BCUT2D eigenvalue weighted by Crippen LogP contribution is 2.16. The zero-order chi connectivity index (χ0) is 15.4. The lowest BCUT2D eigenvalue weighted by molar-refractivity contribution is -0.137. The maximum absolute atomic E-state index is 12.0. The normalized spacial score (nSPS) is 12.3. The summed E-state index contributed by atoms with van der Waals surface area (Å²) in [5, 5.41) is 8.49. The molecule has 0 radical (unpaired) electrons. The Morgan fingerprint density at radius 3 is 2.20 bits per heavy atom. The first-order valence-corrected chi connectivity index (χ1v) is 6.96. The minimum Gasteiger partial charge on any atom is -0.481 e. The third-order valence-electron chi connectivity index (χ3n) is 2.32. The first-order chi connectivity index (χ1) is 9.10. The number of hydrogen-bond donors (Lipinski definition) is 2. The molecule has 1 aromatic carbocycles. The second-order valence-corrected chi connectivity index (χ2v) is 5.74. The van der Waals surface area contributed by atoms with Crippen molar-refractivity contribution in [2.45, 2.75) is 23.9 Å². The molecule has 0 heterocycles. The van der Waals surface area contributed by atoms with Gasteiger partial charge in [-0.3, -0.25) is 4.79 Å². The Labute approximate surface area is 113 Å². The Bertz CT molecular complexity index is 566. The van der Waals surface area contributed by atoms with E-state index in [4.69, 9.17) is 5.11 Å². The SMILES string of the molecule is O=C(O)CCc1ccc(S(=O)(=O)NCC(F)(F)F)cc1. The van der Waals surface area contributed by atoms with Gasteiger partial charge in [0.05, 0.1) is 4.90 Å². The monoisotopic (exact) mass is 311 g/mol. The average molecular weight is 311 g/mol. The molecule has 0 spiro atoms. The molecule has 0 aromatic heterocycles. The van der Waals surface area contributed by atoms with Crippen molar-refractivity contribution in [2.75, 3.05) is 6.54 Å². The van der Waals surface area contributed by atoms with Gasteiger partial charge in [-0.2, -0.15) is 13.2 Å². The lowest BCUT2D eigenvalue weighted by atomic mass is 10.1. The number of benzene rings is 1. The van der Waals surface area contributed by atoms with Crippen molar-refractivity contribution in [3.63, 3.8) is 0 Å². The van der Waals surface area contributed by atoms with Gasteiger partial charge in [-0.1, -0.05) is 12.1 Å². The third kappa shape index (κ3) is 5.57. The molecule has 0 unspecified atom stereocenters. The summed E-state index contributed by atoms with van der Waals surface area (Å²) in [5.74, 6) is -0.992. The second-order valence-electron chi connectivity index (χ2n) is 3.98. The summed E-state index contributed by atoms with van der Waals surface area (Å²) in [4.78, 5) is 10.1. The molecule has 5 nitrogen and oxygen atoms in total. The van der Waals surface area contributed by atoms with Crippen LogP contribution in [0.15, 0.2) is 29.2 Å². The van der Waals surface area contributed by atoms with E-state index in [1.165, 1.54) is 16.9 Å². The molecule has 9 heteroatoms. The predicted octanol–water partition coefficient (Wildman–Crippen LogP) is 1.54. The van der Waals surface area contributed by atoms with Crippen molar-refractivity contribution in [2.24, 2.45) is 0 Å². The number of aliphatic carboxylic acids is 1. The lowest BCUT2D eigenvalue weighted by Gasteiger charge is -2.09. The smallest absolute Gasteiger partial charge is 0.402 e. The molecule has 1 rings (SSSR count). The van der Waals surface area contributed by atoms with E-state index in [0.717, 1.165) is 12.1 Å². The van der Waals surface area contributed by atoms with E-state index in [1.807, 2.05) is 0 Å². The fourth-order valence-corrected chi connectivity index (χ4v) is 2.36. The van der Waals surface area contributed by atoms with Gasteiger partial charge in [-0.15, -0.1) is 0 Å². The summed E-state index contributed by atoms with van der Waals surface area (Å²) in [5.41, 5.74) is 0.585. The molecular formula is C11H12F3NO4S. The summed E-state index contributed by atoms with van der Waals surface area (Å²) >= 11 is 0. The highest BCUT2D eigenvalue weighted by Gasteiger charge is 2.29. The van der Waals surface area contributed by atoms with Gasteiger partial charge in [0.25, 0.3) is 0 Å². The van der Waals surface area contributed by atoms with Crippen LogP contribution in [0.5, 0.6) is 0 Å². The number of hydrogen-bond acceptors (Lipinski definition) is 3. The van der Waals surface area contributed by atoms with Gasteiger partial charge in [-0.05, 0) is 24.1 Å².